The van der Waals surface area contributed by atoms with Crippen LogP contribution in [0.5, 0.6) is 0 Å². The van der Waals surface area contributed by atoms with Crippen LogP contribution in [0.2, 0.25) is 5.02 Å². The van der Waals surface area contributed by atoms with Gasteiger partial charge in [0.2, 0.25) is 0 Å². The number of hydrogen-bond acceptors (Lipinski definition) is 0. The molecule has 0 fully saturated rings. The Kier molecular flexibility index (Phi) is 2.45. The van der Waals surface area contributed by atoms with E-state index in [4.69, 9.17) is 11.6 Å². The van der Waals surface area contributed by atoms with Gasteiger partial charge in [0, 0.05) is 6.07 Å². The minimum atomic E-state index is -0.691. The molecule has 0 bridgehead atoms. The second-order valence-corrected chi connectivity index (χ2v) is 2.59. The quantitative estimate of drug-likeness (QED) is 0.577. The largest absolute Gasteiger partial charge is 0.207 e. The van der Waals surface area contributed by atoms with Crippen LogP contribution < -0.4 is 0 Å². The van der Waals surface area contributed by atoms with Crippen LogP contribution in [-0.2, 0) is 6.42 Å². The molecule has 1 aromatic rings. The highest BCUT2D eigenvalue weighted by molar-refractivity contribution is 6.31. The van der Waals surface area contributed by atoms with Crippen molar-refractivity contribution in [1.82, 2.24) is 0 Å². The number of aryl methyl sites for hydroxylation is 1. The highest BCUT2D eigenvalue weighted by Gasteiger charge is 2.06. The Balaban J connectivity index is 3.24. The summed E-state index contributed by atoms with van der Waals surface area (Å²) < 4.78 is 25.2. The van der Waals surface area contributed by atoms with Crippen molar-refractivity contribution in [3.8, 4) is 0 Å². The predicted octanol–water partition coefficient (Wildman–Crippen LogP) is 3.18. The molecule has 11 heavy (non-hydrogen) atoms. The minimum Gasteiger partial charge on any atom is -0.207 e. The number of hydrogen-bond donors (Lipinski definition) is 0. The van der Waals surface area contributed by atoms with Gasteiger partial charge in [-0.2, -0.15) is 0 Å². The van der Waals surface area contributed by atoms with Crippen LogP contribution >= 0.6 is 11.6 Å². The zero-order valence-corrected chi connectivity index (χ0v) is 6.75. The van der Waals surface area contributed by atoms with Gasteiger partial charge >= 0.3 is 0 Å². The lowest BCUT2D eigenvalue weighted by Crippen LogP contribution is -1.88. The summed E-state index contributed by atoms with van der Waals surface area (Å²) in [6, 6.07) is 2.02. The molecule has 0 aromatic heterocycles. The lowest BCUT2D eigenvalue weighted by molar-refractivity contribution is 0.580. The normalized spacial score (nSPS) is 10.2. The summed E-state index contributed by atoms with van der Waals surface area (Å²) in [5.41, 5.74) is 0.504. The van der Waals surface area contributed by atoms with Gasteiger partial charge in [-0.05, 0) is 18.1 Å². The average molecular weight is 177 g/mol. The Hall–Kier alpha value is -0.630. The molecule has 0 saturated heterocycles. The van der Waals surface area contributed by atoms with E-state index in [9.17, 15) is 8.78 Å². The number of halogens is 3. The molecule has 1 rings (SSSR count). The zero-order chi connectivity index (χ0) is 8.43. The van der Waals surface area contributed by atoms with E-state index in [-0.39, 0.29) is 5.02 Å². The summed E-state index contributed by atoms with van der Waals surface area (Å²) in [7, 11) is 0. The van der Waals surface area contributed by atoms with Crippen LogP contribution in [0.25, 0.3) is 0 Å². The third-order valence-electron chi connectivity index (χ3n) is 1.45. The second-order valence-electron chi connectivity index (χ2n) is 2.21. The van der Waals surface area contributed by atoms with E-state index in [0.29, 0.717) is 12.0 Å². The van der Waals surface area contributed by atoms with E-state index in [1.165, 1.54) is 6.07 Å². The van der Waals surface area contributed by atoms with E-state index >= 15 is 0 Å². The van der Waals surface area contributed by atoms with E-state index in [1.54, 1.807) is 6.92 Å². The van der Waals surface area contributed by atoms with Gasteiger partial charge in [-0.1, -0.05) is 18.5 Å². The Labute approximate surface area is 68.8 Å². The monoisotopic (exact) mass is 176 g/mol. The summed E-state index contributed by atoms with van der Waals surface area (Å²) >= 11 is 5.52. The van der Waals surface area contributed by atoms with Crippen molar-refractivity contribution in [2.24, 2.45) is 0 Å². The van der Waals surface area contributed by atoms with Crippen LogP contribution in [0.4, 0.5) is 8.78 Å². The summed E-state index contributed by atoms with van der Waals surface area (Å²) in [6.45, 7) is 1.79. The van der Waals surface area contributed by atoms with Crippen molar-refractivity contribution < 1.29 is 8.78 Å². The smallest absolute Gasteiger partial charge is 0.144 e. The van der Waals surface area contributed by atoms with Crippen molar-refractivity contribution in [3.63, 3.8) is 0 Å². The average Bonchev–Trinajstić information content (AvgIpc) is 1.96. The Morgan fingerprint density at radius 3 is 2.55 bits per heavy atom. The molecule has 0 unspecified atom stereocenters. The molecule has 60 valence electrons. The Morgan fingerprint density at radius 1 is 1.36 bits per heavy atom. The van der Waals surface area contributed by atoms with E-state index in [0.717, 1.165) is 6.07 Å². The molecule has 0 spiro atoms. The molecular formula is C8H7ClF2. The van der Waals surface area contributed by atoms with E-state index in [1.807, 2.05) is 0 Å². The molecule has 0 aliphatic carbocycles. The fraction of sp³-hybridized carbons (Fsp3) is 0.250. The molecule has 0 radical (unpaired) electrons. The molecule has 0 aliphatic rings. The van der Waals surface area contributed by atoms with Crippen molar-refractivity contribution in [1.29, 1.82) is 0 Å². The molecule has 1 aromatic carbocycles. The topological polar surface area (TPSA) is 0 Å². The molecular weight excluding hydrogens is 170 g/mol. The van der Waals surface area contributed by atoms with Gasteiger partial charge in [-0.25, -0.2) is 8.78 Å². The molecule has 0 N–H and O–H groups in total. The van der Waals surface area contributed by atoms with Gasteiger partial charge in [0.25, 0.3) is 0 Å². The van der Waals surface area contributed by atoms with Crippen molar-refractivity contribution in [3.05, 3.63) is 34.4 Å². The maximum absolute atomic E-state index is 12.7. The molecule has 0 nitrogen and oxygen atoms in total. The number of benzene rings is 1. The molecule has 0 saturated carbocycles. The first-order valence-electron chi connectivity index (χ1n) is 3.28. The first-order valence-corrected chi connectivity index (χ1v) is 3.66. The highest BCUT2D eigenvalue weighted by Crippen LogP contribution is 2.21. The van der Waals surface area contributed by atoms with Crippen molar-refractivity contribution >= 4 is 11.6 Å². The van der Waals surface area contributed by atoms with Gasteiger partial charge in [-0.15, -0.1) is 0 Å². The van der Waals surface area contributed by atoms with Gasteiger partial charge in [-0.3, -0.25) is 0 Å². The highest BCUT2D eigenvalue weighted by atomic mass is 35.5. The third-order valence-corrected chi connectivity index (χ3v) is 1.87. The molecule has 0 heterocycles. The number of rotatable bonds is 1. The standard InChI is InChI=1S/C8H7ClF2/c1-2-5-3-6(10)4-7(11)8(5)9/h3-4H,2H2,1H3. The molecule has 3 heteroatoms. The van der Waals surface area contributed by atoms with Crippen LogP contribution in [0, 0.1) is 11.6 Å². The van der Waals surface area contributed by atoms with Crippen LogP contribution in [0.15, 0.2) is 12.1 Å². The van der Waals surface area contributed by atoms with Crippen LogP contribution in [-0.4, -0.2) is 0 Å². The summed E-state index contributed by atoms with van der Waals surface area (Å²) in [5, 5.41) is 0.0221. The van der Waals surface area contributed by atoms with Gasteiger partial charge in [0.15, 0.2) is 0 Å². The lowest BCUT2D eigenvalue weighted by atomic mass is 10.1. The molecule has 0 atom stereocenters. The zero-order valence-electron chi connectivity index (χ0n) is 6.00. The third kappa shape index (κ3) is 1.69. The summed E-state index contributed by atoms with van der Waals surface area (Å²) in [4.78, 5) is 0. The fourth-order valence-corrected chi connectivity index (χ4v) is 1.11. The lowest BCUT2D eigenvalue weighted by Gasteiger charge is -2.01. The van der Waals surface area contributed by atoms with E-state index in [2.05, 4.69) is 0 Å². The van der Waals surface area contributed by atoms with Gasteiger partial charge in [0.1, 0.15) is 11.6 Å². The first-order chi connectivity index (χ1) is 5.15. The maximum Gasteiger partial charge on any atom is 0.144 e. The summed E-state index contributed by atoms with van der Waals surface area (Å²) in [6.07, 6.45) is 0.535. The van der Waals surface area contributed by atoms with Gasteiger partial charge < -0.3 is 0 Å². The fourth-order valence-electron chi connectivity index (χ4n) is 0.867. The summed E-state index contributed by atoms with van der Waals surface area (Å²) in [5.74, 6) is -1.27. The maximum atomic E-state index is 12.7. The van der Waals surface area contributed by atoms with Crippen LogP contribution in [0.3, 0.4) is 0 Å². The minimum absolute atomic E-state index is 0.0221. The SMILES string of the molecule is CCc1cc(F)cc(F)c1Cl. The predicted molar refractivity (Wildman–Crippen MR) is 40.7 cm³/mol. The molecule has 0 amide bonds. The second kappa shape index (κ2) is 3.18. The Morgan fingerprint density at radius 2 is 2.00 bits per heavy atom. The first kappa shape index (κ1) is 8.47. The Bertz CT molecular complexity index is 271. The van der Waals surface area contributed by atoms with E-state index < -0.39 is 11.6 Å². The van der Waals surface area contributed by atoms with Crippen molar-refractivity contribution in [2.75, 3.05) is 0 Å². The molecule has 0 aliphatic heterocycles. The van der Waals surface area contributed by atoms with Crippen LogP contribution in [0.1, 0.15) is 12.5 Å². The van der Waals surface area contributed by atoms with Crippen molar-refractivity contribution in [2.45, 2.75) is 13.3 Å². The van der Waals surface area contributed by atoms with Gasteiger partial charge in [0.05, 0.1) is 5.02 Å².